The number of nitrogens with one attached hydrogen (secondary N) is 1. The predicted octanol–water partition coefficient (Wildman–Crippen LogP) is 3.86. The van der Waals surface area contributed by atoms with Gasteiger partial charge in [0.1, 0.15) is 5.69 Å². The number of para-hydroxylation sites is 1. The zero-order chi connectivity index (χ0) is 21.3. The normalized spacial score (nSPS) is 10.9. The molecule has 2 aliphatic heterocycles. The van der Waals surface area contributed by atoms with Crippen molar-refractivity contribution in [2.45, 2.75) is 6.54 Å². The van der Waals surface area contributed by atoms with Crippen molar-refractivity contribution in [2.75, 3.05) is 5.32 Å². The third-order valence-electron chi connectivity index (χ3n) is 4.49. The number of carbonyl (C=O) groups is 1. The molecule has 0 saturated heterocycles. The van der Waals surface area contributed by atoms with E-state index in [0.717, 1.165) is 12.1 Å². The number of rotatable bonds is 5. The van der Waals surface area contributed by atoms with Gasteiger partial charge in [0.05, 0.1) is 16.8 Å². The van der Waals surface area contributed by atoms with Crippen molar-refractivity contribution in [3.63, 3.8) is 0 Å². The molecule has 2 aliphatic rings. The number of halogens is 2. The first-order chi connectivity index (χ1) is 14.5. The summed E-state index contributed by atoms with van der Waals surface area (Å²) in [6.07, 6.45) is 4.75. The Bertz CT molecular complexity index is 1280. The Hall–Kier alpha value is -4.07. The molecule has 1 N–H and O–H groups in total. The van der Waals surface area contributed by atoms with Gasteiger partial charge in [-0.2, -0.15) is 9.78 Å². The highest BCUT2D eigenvalue weighted by atomic mass is 19.2. The molecule has 30 heavy (non-hydrogen) atoms. The van der Waals surface area contributed by atoms with Crippen LogP contribution in [0, 0.1) is 11.6 Å². The molecule has 1 amide bonds. The van der Waals surface area contributed by atoms with Crippen molar-refractivity contribution in [3.05, 3.63) is 101 Å². The van der Waals surface area contributed by atoms with Crippen LogP contribution in [0.2, 0.25) is 0 Å². The average Bonchev–Trinajstić information content (AvgIpc) is 3.08. The second-order valence-corrected chi connectivity index (χ2v) is 6.56. The van der Waals surface area contributed by atoms with E-state index in [0.29, 0.717) is 12.2 Å². The van der Waals surface area contributed by atoms with Crippen LogP contribution >= 0.6 is 0 Å². The van der Waals surface area contributed by atoms with Crippen LogP contribution in [0.1, 0.15) is 10.4 Å². The number of amides is 1. The molecular weight excluding hydrogens is 390 g/mol. The van der Waals surface area contributed by atoms with Gasteiger partial charge in [-0.3, -0.25) is 9.59 Å². The maximum atomic E-state index is 13.5. The van der Waals surface area contributed by atoms with E-state index in [4.69, 9.17) is 0 Å². The number of carbonyl (C=O) groups excluding carboxylic acids is 1. The molecule has 0 unspecified atom stereocenters. The monoisotopic (exact) mass is 406 g/mol. The molecule has 6 nitrogen and oxygen atoms in total. The highest BCUT2D eigenvalue weighted by molar-refractivity contribution is 6.08. The summed E-state index contributed by atoms with van der Waals surface area (Å²) in [6.45, 7) is 4.03. The lowest BCUT2D eigenvalue weighted by molar-refractivity contribution is 0.102. The maximum absolute atomic E-state index is 13.5. The topological polar surface area (TPSA) is 68.9 Å². The summed E-state index contributed by atoms with van der Waals surface area (Å²) < 4.78 is 29.5. The van der Waals surface area contributed by atoms with Crippen molar-refractivity contribution in [1.82, 2.24) is 14.3 Å². The average molecular weight is 406 g/mol. The fraction of sp³-hybridized carbons (Fsp3) is 0.0455. The Morgan fingerprint density at radius 3 is 2.57 bits per heavy atom. The van der Waals surface area contributed by atoms with Gasteiger partial charge in [-0.15, -0.1) is 6.58 Å². The maximum Gasteiger partial charge on any atom is 0.282 e. The van der Waals surface area contributed by atoms with E-state index in [1.165, 1.54) is 16.9 Å². The van der Waals surface area contributed by atoms with E-state index in [1.54, 1.807) is 41.1 Å². The molecule has 0 atom stereocenters. The van der Waals surface area contributed by atoms with Crippen molar-refractivity contribution in [3.8, 4) is 16.9 Å². The van der Waals surface area contributed by atoms with E-state index in [2.05, 4.69) is 17.0 Å². The Labute approximate surface area is 170 Å². The first kappa shape index (κ1) is 19.3. The lowest BCUT2D eigenvalue weighted by Gasteiger charge is -2.12. The smallest absolute Gasteiger partial charge is 0.282 e. The van der Waals surface area contributed by atoms with Crippen molar-refractivity contribution >= 4 is 11.6 Å². The molecule has 2 heterocycles. The third-order valence-corrected chi connectivity index (χ3v) is 4.49. The highest BCUT2D eigenvalue weighted by Gasteiger charge is 2.24. The van der Waals surface area contributed by atoms with Crippen LogP contribution in [-0.4, -0.2) is 20.3 Å². The molecule has 2 aromatic carbocycles. The third kappa shape index (κ3) is 3.50. The molecule has 0 aromatic heterocycles. The highest BCUT2D eigenvalue weighted by Crippen LogP contribution is 2.24. The van der Waals surface area contributed by atoms with Gasteiger partial charge >= 0.3 is 0 Å². The van der Waals surface area contributed by atoms with E-state index >= 15 is 0 Å². The molecule has 0 saturated carbocycles. The fourth-order valence-electron chi connectivity index (χ4n) is 3.10. The number of hydrogen-bond acceptors (Lipinski definition) is 3. The Morgan fingerprint density at radius 2 is 1.87 bits per heavy atom. The van der Waals surface area contributed by atoms with E-state index in [1.807, 2.05) is 6.07 Å². The number of anilines is 1. The van der Waals surface area contributed by atoms with Crippen LogP contribution in [0.5, 0.6) is 0 Å². The number of benzene rings is 2. The van der Waals surface area contributed by atoms with Crippen LogP contribution in [0.25, 0.3) is 16.9 Å². The Kier molecular flexibility index (Phi) is 4.97. The molecule has 2 aromatic rings. The number of pyridine rings is 1. The first-order valence-electron chi connectivity index (χ1n) is 9.03. The largest absolute Gasteiger partial charge is 0.349 e. The number of nitrogens with zero attached hydrogens (tertiary/aromatic N) is 3. The van der Waals surface area contributed by atoms with Gasteiger partial charge < -0.3 is 9.88 Å². The standard InChI is InChI=1S/C22H16F2N4O2/c1-2-10-27-12-16(21(29)25-14-8-9-18(23)19(24)11-14)20-17(13-27)22(30)28(26-20)15-6-4-3-5-7-15/h2-9,11-13H,1,10H2,(H,25,29). The van der Waals surface area contributed by atoms with E-state index < -0.39 is 17.5 Å². The summed E-state index contributed by atoms with van der Waals surface area (Å²) in [7, 11) is 0. The Morgan fingerprint density at radius 1 is 1.10 bits per heavy atom. The number of aromatic nitrogens is 3. The first-order valence-corrected chi connectivity index (χ1v) is 9.03. The number of hydrogen-bond donors (Lipinski definition) is 1. The van der Waals surface area contributed by atoms with Gasteiger partial charge in [0.15, 0.2) is 11.6 Å². The molecule has 0 fully saturated rings. The van der Waals surface area contributed by atoms with Crippen LogP contribution in [-0.2, 0) is 6.54 Å². The summed E-state index contributed by atoms with van der Waals surface area (Å²) in [6, 6.07) is 11.9. The number of fused-ring (bicyclic) bond motifs is 1. The molecule has 0 bridgehead atoms. The zero-order valence-corrected chi connectivity index (χ0v) is 15.7. The van der Waals surface area contributed by atoms with E-state index in [-0.39, 0.29) is 28.1 Å². The molecular formula is C22H16F2N4O2. The minimum atomic E-state index is -1.08. The zero-order valence-electron chi connectivity index (χ0n) is 15.7. The summed E-state index contributed by atoms with van der Waals surface area (Å²) in [5.41, 5.74) is 0.821. The van der Waals surface area contributed by atoms with Crippen LogP contribution in [0.4, 0.5) is 14.5 Å². The second-order valence-electron chi connectivity index (χ2n) is 6.56. The minimum absolute atomic E-state index is 0.0796. The van der Waals surface area contributed by atoms with Crippen LogP contribution < -0.4 is 10.9 Å². The van der Waals surface area contributed by atoms with Gasteiger partial charge in [-0.05, 0) is 24.3 Å². The van der Waals surface area contributed by atoms with Gasteiger partial charge in [0.2, 0.25) is 0 Å². The summed E-state index contributed by atoms with van der Waals surface area (Å²) >= 11 is 0. The van der Waals surface area contributed by atoms with Crippen molar-refractivity contribution < 1.29 is 13.6 Å². The molecule has 0 radical (unpaired) electrons. The van der Waals surface area contributed by atoms with Gasteiger partial charge in [-0.25, -0.2) is 8.78 Å². The summed E-state index contributed by atoms with van der Waals surface area (Å²) in [4.78, 5) is 25.9. The van der Waals surface area contributed by atoms with Gasteiger partial charge in [0.25, 0.3) is 11.5 Å². The Balaban J connectivity index is 1.83. The fourth-order valence-corrected chi connectivity index (χ4v) is 3.10. The van der Waals surface area contributed by atoms with Crippen molar-refractivity contribution in [1.29, 1.82) is 0 Å². The molecule has 0 aliphatic carbocycles. The molecule has 4 rings (SSSR count). The molecule has 0 spiro atoms. The molecule has 150 valence electrons. The van der Waals surface area contributed by atoms with Gasteiger partial charge in [-0.1, -0.05) is 24.3 Å². The second kappa shape index (κ2) is 7.75. The van der Waals surface area contributed by atoms with Crippen molar-refractivity contribution in [2.24, 2.45) is 0 Å². The SMILES string of the molecule is C=CCn1cc(C(=O)Nc2ccc(F)c(F)c2)c2nn(-c3ccccc3)c(=O)c-2c1. The lowest BCUT2D eigenvalue weighted by Crippen LogP contribution is -2.17. The van der Waals surface area contributed by atoms with E-state index in [9.17, 15) is 18.4 Å². The summed E-state index contributed by atoms with van der Waals surface area (Å²) in [5.74, 6) is -2.71. The quantitative estimate of drug-likeness (QED) is 0.512. The van der Waals surface area contributed by atoms with Crippen LogP contribution in [0.15, 0.2) is 78.4 Å². The predicted molar refractivity (Wildman–Crippen MR) is 109 cm³/mol. The molecule has 8 heteroatoms. The van der Waals surface area contributed by atoms with Crippen LogP contribution in [0.3, 0.4) is 0 Å². The minimum Gasteiger partial charge on any atom is -0.349 e. The lowest BCUT2D eigenvalue weighted by atomic mass is 10.1. The van der Waals surface area contributed by atoms with Gasteiger partial charge in [0, 0.05) is 30.7 Å². The summed E-state index contributed by atoms with van der Waals surface area (Å²) in [5, 5.41) is 6.87. The number of allylic oxidation sites excluding steroid dienone is 1.